The predicted molar refractivity (Wildman–Crippen MR) is 74.8 cm³/mol. The lowest BCUT2D eigenvalue weighted by molar-refractivity contribution is 0.203. The highest BCUT2D eigenvalue weighted by Crippen LogP contribution is 2.16. The number of urea groups is 1. The third kappa shape index (κ3) is 3.06. The Bertz CT molecular complexity index is 560. The second-order valence-corrected chi connectivity index (χ2v) is 4.81. The smallest absolute Gasteiger partial charge is 0.321 e. The number of piperidine rings is 1. The first-order valence-electron chi connectivity index (χ1n) is 6.41. The minimum atomic E-state index is -0.182. The first kappa shape index (κ1) is 13.9. The van der Waals surface area contributed by atoms with E-state index in [1.165, 1.54) is 0 Å². The maximum atomic E-state index is 12.1. The normalized spacial score (nSPS) is 20.5. The van der Waals surface area contributed by atoms with Gasteiger partial charge in [-0.15, -0.1) is 0 Å². The quantitative estimate of drug-likeness (QED) is 0.607. The molecule has 0 radical (unpaired) electrons. The Kier molecular flexibility index (Phi) is 4.20. The summed E-state index contributed by atoms with van der Waals surface area (Å²) in [6, 6.07) is 8.56. The average molecular weight is 272 g/mol. The first-order valence-corrected chi connectivity index (χ1v) is 6.41. The molecule has 0 aromatic heterocycles. The number of nitrogens with one attached hydrogen (secondary N) is 1. The van der Waals surface area contributed by atoms with Crippen molar-refractivity contribution in [2.24, 2.45) is 11.1 Å². The summed E-state index contributed by atoms with van der Waals surface area (Å²) in [5.74, 6) is 0.0560. The Hall–Kier alpha value is -2.55. The molecule has 1 unspecified atom stereocenters. The predicted octanol–water partition coefficient (Wildman–Crippen LogP) is 2.26. The second-order valence-electron chi connectivity index (χ2n) is 4.81. The van der Waals surface area contributed by atoms with Crippen LogP contribution in [-0.2, 0) is 0 Å². The van der Waals surface area contributed by atoms with Crippen LogP contribution in [0.4, 0.5) is 10.5 Å². The monoisotopic (exact) mass is 272 g/mol. The van der Waals surface area contributed by atoms with Crippen LogP contribution < -0.4 is 5.32 Å². The van der Waals surface area contributed by atoms with E-state index in [1.807, 2.05) is 13.0 Å². The second kappa shape index (κ2) is 6.06. The number of nitrogens with zero attached hydrogens (tertiary/aromatic N) is 3. The zero-order valence-corrected chi connectivity index (χ0v) is 11.2. The molecule has 6 heteroatoms. The van der Waals surface area contributed by atoms with Crippen LogP contribution >= 0.6 is 0 Å². The summed E-state index contributed by atoms with van der Waals surface area (Å²) in [5.41, 5.74) is 1.94. The van der Waals surface area contributed by atoms with Gasteiger partial charge in [-0.25, -0.2) is 4.79 Å². The highest BCUT2D eigenvalue weighted by Gasteiger charge is 2.25. The van der Waals surface area contributed by atoms with Crippen LogP contribution in [0.25, 0.3) is 0 Å². The van der Waals surface area contributed by atoms with Crippen LogP contribution in [0, 0.1) is 17.2 Å². The van der Waals surface area contributed by atoms with Gasteiger partial charge in [0.2, 0.25) is 0 Å². The SMILES string of the molecule is CC1CN(C(=O)Nc2ccc(C#N)cc2)CC/C1=N\O. The molecule has 0 bridgehead atoms. The van der Waals surface area contributed by atoms with Crippen molar-refractivity contribution in [3.05, 3.63) is 29.8 Å². The van der Waals surface area contributed by atoms with Crippen molar-refractivity contribution >= 4 is 17.4 Å². The Morgan fingerprint density at radius 3 is 2.75 bits per heavy atom. The van der Waals surface area contributed by atoms with Gasteiger partial charge in [-0.3, -0.25) is 0 Å². The van der Waals surface area contributed by atoms with Gasteiger partial charge in [0.25, 0.3) is 0 Å². The molecule has 104 valence electrons. The number of hydrogen-bond acceptors (Lipinski definition) is 4. The van der Waals surface area contributed by atoms with Crippen LogP contribution in [0.5, 0.6) is 0 Å². The fourth-order valence-corrected chi connectivity index (χ4v) is 2.19. The van der Waals surface area contributed by atoms with E-state index in [0.717, 1.165) is 5.71 Å². The van der Waals surface area contributed by atoms with Crippen molar-refractivity contribution in [2.45, 2.75) is 13.3 Å². The summed E-state index contributed by atoms with van der Waals surface area (Å²) < 4.78 is 0. The summed E-state index contributed by atoms with van der Waals surface area (Å²) in [6.07, 6.45) is 0.582. The fourth-order valence-electron chi connectivity index (χ4n) is 2.19. The Morgan fingerprint density at radius 1 is 1.50 bits per heavy atom. The molecule has 0 spiro atoms. The molecule has 2 N–H and O–H groups in total. The van der Waals surface area contributed by atoms with Crippen LogP contribution in [0.1, 0.15) is 18.9 Å². The minimum Gasteiger partial charge on any atom is -0.411 e. The molecule has 0 aliphatic carbocycles. The third-order valence-corrected chi connectivity index (χ3v) is 3.38. The molecule has 1 aromatic rings. The number of anilines is 1. The van der Waals surface area contributed by atoms with E-state index in [9.17, 15) is 4.79 Å². The molecule has 1 aliphatic rings. The maximum Gasteiger partial charge on any atom is 0.321 e. The zero-order valence-electron chi connectivity index (χ0n) is 11.2. The lowest BCUT2D eigenvalue weighted by Gasteiger charge is -2.31. The van der Waals surface area contributed by atoms with E-state index in [0.29, 0.717) is 30.8 Å². The Labute approximate surface area is 117 Å². The van der Waals surface area contributed by atoms with Gasteiger partial charge in [-0.2, -0.15) is 5.26 Å². The van der Waals surface area contributed by atoms with Crippen molar-refractivity contribution in [3.8, 4) is 6.07 Å². The Morgan fingerprint density at radius 2 is 2.20 bits per heavy atom. The molecule has 1 aromatic carbocycles. The number of nitriles is 1. The van der Waals surface area contributed by atoms with E-state index in [2.05, 4.69) is 10.5 Å². The molecule has 0 saturated carbocycles. The average Bonchev–Trinajstić information content (AvgIpc) is 2.48. The third-order valence-electron chi connectivity index (χ3n) is 3.38. The van der Waals surface area contributed by atoms with Crippen molar-refractivity contribution in [1.29, 1.82) is 5.26 Å². The number of carbonyl (C=O) groups is 1. The summed E-state index contributed by atoms with van der Waals surface area (Å²) in [5, 5.41) is 23.6. The molecule has 1 heterocycles. The van der Waals surface area contributed by atoms with Crippen LogP contribution in [-0.4, -0.2) is 34.9 Å². The van der Waals surface area contributed by atoms with Gasteiger partial charge in [-0.05, 0) is 24.3 Å². The van der Waals surface area contributed by atoms with Gasteiger partial charge in [0.1, 0.15) is 0 Å². The van der Waals surface area contributed by atoms with E-state index >= 15 is 0 Å². The highest BCUT2D eigenvalue weighted by molar-refractivity contribution is 5.92. The number of rotatable bonds is 1. The number of carbonyl (C=O) groups excluding carboxylic acids is 1. The topological polar surface area (TPSA) is 88.7 Å². The first-order chi connectivity index (χ1) is 9.63. The van der Waals surface area contributed by atoms with E-state index in [4.69, 9.17) is 10.5 Å². The van der Waals surface area contributed by atoms with Gasteiger partial charge in [0.15, 0.2) is 0 Å². The molecule has 2 rings (SSSR count). The minimum absolute atomic E-state index is 0.0560. The summed E-state index contributed by atoms with van der Waals surface area (Å²) in [4.78, 5) is 13.8. The van der Waals surface area contributed by atoms with Gasteiger partial charge < -0.3 is 15.4 Å². The van der Waals surface area contributed by atoms with Crippen LogP contribution in [0.15, 0.2) is 29.4 Å². The van der Waals surface area contributed by atoms with E-state index in [-0.39, 0.29) is 11.9 Å². The molecule has 20 heavy (non-hydrogen) atoms. The fraction of sp³-hybridized carbons (Fsp3) is 0.357. The number of hydrogen-bond donors (Lipinski definition) is 2. The van der Waals surface area contributed by atoms with Crippen molar-refractivity contribution < 1.29 is 10.0 Å². The number of oxime groups is 1. The molecule has 1 atom stereocenters. The van der Waals surface area contributed by atoms with Gasteiger partial charge in [-0.1, -0.05) is 12.1 Å². The largest absolute Gasteiger partial charge is 0.411 e. The zero-order chi connectivity index (χ0) is 14.5. The maximum absolute atomic E-state index is 12.1. The molecular weight excluding hydrogens is 256 g/mol. The number of benzene rings is 1. The Balaban J connectivity index is 1.97. The molecule has 6 nitrogen and oxygen atoms in total. The number of amides is 2. The lowest BCUT2D eigenvalue weighted by atomic mass is 9.98. The molecule has 2 amide bonds. The molecular formula is C14H16N4O2. The van der Waals surface area contributed by atoms with Crippen molar-refractivity contribution in [3.63, 3.8) is 0 Å². The highest BCUT2D eigenvalue weighted by atomic mass is 16.4. The lowest BCUT2D eigenvalue weighted by Crippen LogP contribution is -2.45. The van der Waals surface area contributed by atoms with E-state index < -0.39 is 0 Å². The molecule has 1 saturated heterocycles. The van der Waals surface area contributed by atoms with Crippen molar-refractivity contribution in [1.82, 2.24) is 4.90 Å². The summed E-state index contributed by atoms with van der Waals surface area (Å²) >= 11 is 0. The van der Waals surface area contributed by atoms with Crippen LogP contribution in [0.3, 0.4) is 0 Å². The van der Waals surface area contributed by atoms with E-state index in [1.54, 1.807) is 29.2 Å². The summed E-state index contributed by atoms with van der Waals surface area (Å²) in [7, 11) is 0. The summed E-state index contributed by atoms with van der Waals surface area (Å²) in [6.45, 7) is 2.99. The molecule has 1 aliphatic heterocycles. The van der Waals surface area contributed by atoms with Gasteiger partial charge in [0.05, 0.1) is 17.3 Å². The standard InChI is InChI=1S/C14H16N4O2/c1-10-9-18(7-6-13(10)17-20)14(19)16-12-4-2-11(8-15)3-5-12/h2-5,10,20H,6-7,9H2,1H3,(H,16,19)/b17-13+. The molecule has 1 fully saturated rings. The van der Waals surface area contributed by atoms with Gasteiger partial charge >= 0.3 is 6.03 Å². The van der Waals surface area contributed by atoms with Gasteiger partial charge in [0, 0.05) is 31.1 Å². The van der Waals surface area contributed by atoms with Crippen molar-refractivity contribution in [2.75, 3.05) is 18.4 Å². The number of likely N-dealkylation sites (tertiary alicyclic amines) is 1. The van der Waals surface area contributed by atoms with Crippen LogP contribution in [0.2, 0.25) is 0 Å².